The van der Waals surface area contributed by atoms with Crippen molar-refractivity contribution in [3.8, 4) is 17.0 Å². The SMILES string of the molecule is CCOc1ccccc1-c1cc(C(=O)O)c2[nH]c(C)nc2n1. The van der Waals surface area contributed by atoms with Gasteiger partial charge in [0, 0.05) is 5.56 Å². The quantitative estimate of drug-likeness (QED) is 0.772. The topological polar surface area (TPSA) is 88.1 Å². The first kappa shape index (κ1) is 14.1. The number of aromatic amines is 1. The van der Waals surface area contributed by atoms with Crippen LogP contribution in [0, 0.1) is 6.92 Å². The van der Waals surface area contributed by atoms with Crippen LogP contribution in [-0.4, -0.2) is 32.6 Å². The first-order valence-corrected chi connectivity index (χ1v) is 6.93. The Hall–Kier alpha value is -2.89. The van der Waals surface area contributed by atoms with E-state index in [9.17, 15) is 9.90 Å². The average Bonchev–Trinajstić information content (AvgIpc) is 2.87. The Morgan fingerprint density at radius 2 is 2.09 bits per heavy atom. The lowest BCUT2D eigenvalue weighted by Crippen LogP contribution is -2.01. The van der Waals surface area contributed by atoms with Gasteiger partial charge in [0.05, 0.1) is 23.4 Å². The number of carbonyl (C=O) groups is 1. The summed E-state index contributed by atoms with van der Waals surface area (Å²) in [5.41, 5.74) is 2.24. The van der Waals surface area contributed by atoms with Gasteiger partial charge in [-0.1, -0.05) is 12.1 Å². The number of rotatable bonds is 4. The molecule has 0 saturated heterocycles. The fraction of sp³-hybridized carbons (Fsp3) is 0.188. The van der Waals surface area contributed by atoms with Crippen LogP contribution in [0.4, 0.5) is 0 Å². The summed E-state index contributed by atoms with van der Waals surface area (Å²) in [5.74, 6) is 0.270. The molecular formula is C16H15N3O3. The van der Waals surface area contributed by atoms with Gasteiger partial charge in [0.15, 0.2) is 5.65 Å². The summed E-state index contributed by atoms with van der Waals surface area (Å²) in [5, 5.41) is 9.43. The molecule has 2 heterocycles. The second-order valence-electron chi connectivity index (χ2n) is 4.81. The molecule has 1 aromatic carbocycles. The standard InChI is InChI=1S/C16H15N3O3/c1-3-22-13-7-5-4-6-10(13)12-8-11(16(20)21)14-15(19-12)18-9(2)17-14/h4-8H,3H2,1-2H3,(H,20,21)(H,17,18,19). The predicted molar refractivity (Wildman–Crippen MR) is 82.2 cm³/mol. The molecular weight excluding hydrogens is 282 g/mol. The lowest BCUT2D eigenvalue weighted by Gasteiger charge is -2.10. The van der Waals surface area contributed by atoms with Gasteiger partial charge < -0.3 is 14.8 Å². The van der Waals surface area contributed by atoms with Crippen molar-refractivity contribution < 1.29 is 14.6 Å². The Labute approximate surface area is 126 Å². The molecule has 112 valence electrons. The van der Waals surface area contributed by atoms with Gasteiger partial charge in [-0.2, -0.15) is 0 Å². The summed E-state index contributed by atoms with van der Waals surface area (Å²) < 4.78 is 5.59. The normalized spacial score (nSPS) is 10.8. The number of carboxylic acids is 1. The first-order chi connectivity index (χ1) is 10.6. The van der Waals surface area contributed by atoms with Gasteiger partial charge >= 0.3 is 5.97 Å². The van der Waals surface area contributed by atoms with Crippen LogP contribution in [0.3, 0.4) is 0 Å². The molecule has 0 atom stereocenters. The predicted octanol–water partition coefficient (Wildman–Crippen LogP) is 3.03. The van der Waals surface area contributed by atoms with Gasteiger partial charge in [-0.3, -0.25) is 0 Å². The van der Waals surface area contributed by atoms with Crippen molar-refractivity contribution in [3.05, 3.63) is 41.7 Å². The van der Waals surface area contributed by atoms with Crippen LogP contribution >= 0.6 is 0 Å². The number of nitrogens with zero attached hydrogens (tertiary/aromatic N) is 2. The molecule has 6 nitrogen and oxygen atoms in total. The van der Waals surface area contributed by atoms with E-state index >= 15 is 0 Å². The van der Waals surface area contributed by atoms with E-state index in [4.69, 9.17) is 4.74 Å². The van der Waals surface area contributed by atoms with Crippen molar-refractivity contribution in [2.45, 2.75) is 13.8 Å². The molecule has 0 aliphatic carbocycles. The Bertz CT molecular complexity index is 855. The van der Waals surface area contributed by atoms with E-state index in [1.165, 1.54) is 0 Å². The lowest BCUT2D eigenvalue weighted by molar-refractivity contribution is 0.0699. The summed E-state index contributed by atoms with van der Waals surface area (Å²) in [4.78, 5) is 23.2. The van der Waals surface area contributed by atoms with E-state index in [1.54, 1.807) is 13.0 Å². The monoisotopic (exact) mass is 297 g/mol. The third-order valence-corrected chi connectivity index (χ3v) is 3.27. The maximum absolute atomic E-state index is 11.5. The van der Waals surface area contributed by atoms with E-state index < -0.39 is 5.97 Å². The number of nitrogens with one attached hydrogen (secondary N) is 1. The summed E-state index contributed by atoms with van der Waals surface area (Å²) in [6.45, 7) is 4.18. The maximum atomic E-state index is 11.5. The van der Waals surface area contributed by atoms with Gasteiger partial charge in [0.25, 0.3) is 0 Å². The number of ether oxygens (including phenoxy) is 1. The summed E-state index contributed by atoms with van der Waals surface area (Å²) in [6, 6.07) is 8.95. The number of hydrogen-bond acceptors (Lipinski definition) is 4. The number of H-pyrrole nitrogens is 1. The third-order valence-electron chi connectivity index (χ3n) is 3.27. The number of pyridine rings is 1. The number of hydrogen-bond donors (Lipinski definition) is 2. The van der Waals surface area contributed by atoms with Gasteiger partial charge in [-0.05, 0) is 32.0 Å². The molecule has 6 heteroatoms. The zero-order valence-electron chi connectivity index (χ0n) is 12.3. The minimum absolute atomic E-state index is 0.145. The molecule has 22 heavy (non-hydrogen) atoms. The maximum Gasteiger partial charge on any atom is 0.338 e. The molecule has 0 saturated carbocycles. The number of fused-ring (bicyclic) bond motifs is 1. The molecule has 2 N–H and O–H groups in total. The molecule has 0 aliphatic heterocycles. The number of aromatic nitrogens is 3. The van der Waals surface area contributed by atoms with Crippen molar-refractivity contribution in [3.63, 3.8) is 0 Å². The molecule has 0 aliphatic rings. The van der Waals surface area contributed by atoms with E-state index in [2.05, 4.69) is 15.0 Å². The number of aromatic carboxylic acids is 1. The second-order valence-corrected chi connectivity index (χ2v) is 4.81. The first-order valence-electron chi connectivity index (χ1n) is 6.93. The molecule has 3 aromatic rings. The number of carboxylic acid groups (broad SMARTS) is 1. The molecule has 0 bridgehead atoms. The van der Waals surface area contributed by atoms with Crippen LogP contribution in [-0.2, 0) is 0 Å². The van der Waals surface area contributed by atoms with Crippen LogP contribution < -0.4 is 4.74 Å². The van der Waals surface area contributed by atoms with Crippen molar-refractivity contribution in [2.24, 2.45) is 0 Å². The average molecular weight is 297 g/mol. The van der Waals surface area contributed by atoms with E-state index in [-0.39, 0.29) is 5.56 Å². The summed E-state index contributed by atoms with van der Waals surface area (Å²) in [7, 11) is 0. The third kappa shape index (κ3) is 2.39. The largest absolute Gasteiger partial charge is 0.493 e. The lowest BCUT2D eigenvalue weighted by atomic mass is 10.1. The molecule has 0 amide bonds. The van der Waals surface area contributed by atoms with Crippen molar-refractivity contribution >= 4 is 17.1 Å². The van der Waals surface area contributed by atoms with Crippen molar-refractivity contribution in [1.82, 2.24) is 15.0 Å². The molecule has 0 spiro atoms. The number of aryl methyl sites for hydroxylation is 1. The number of benzene rings is 1. The fourth-order valence-corrected chi connectivity index (χ4v) is 2.37. The van der Waals surface area contributed by atoms with Crippen LogP contribution in [0.15, 0.2) is 30.3 Å². The van der Waals surface area contributed by atoms with Crippen molar-refractivity contribution in [1.29, 1.82) is 0 Å². The second kappa shape index (κ2) is 5.48. The molecule has 0 fully saturated rings. The Morgan fingerprint density at radius 3 is 2.82 bits per heavy atom. The van der Waals surface area contributed by atoms with Gasteiger partial charge in [-0.25, -0.2) is 14.8 Å². The molecule has 0 radical (unpaired) electrons. The Kier molecular flexibility index (Phi) is 3.50. The van der Waals surface area contributed by atoms with Crippen LogP contribution in [0.1, 0.15) is 23.1 Å². The van der Waals surface area contributed by atoms with E-state index in [0.29, 0.717) is 35.0 Å². The van der Waals surface area contributed by atoms with E-state index in [0.717, 1.165) is 5.56 Å². The highest BCUT2D eigenvalue weighted by molar-refractivity contribution is 6.01. The highest BCUT2D eigenvalue weighted by Gasteiger charge is 2.17. The Morgan fingerprint density at radius 1 is 1.32 bits per heavy atom. The van der Waals surface area contributed by atoms with Gasteiger partial charge in [-0.15, -0.1) is 0 Å². The highest BCUT2D eigenvalue weighted by atomic mass is 16.5. The zero-order valence-corrected chi connectivity index (χ0v) is 12.3. The van der Waals surface area contributed by atoms with Crippen LogP contribution in [0.5, 0.6) is 5.75 Å². The fourth-order valence-electron chi connectivity index (χ4n) is 2.37. The Balaban J connectivity index is 2.26. The minimum atomic E-state index is -1.02. The minimum Gasteiger partial charge on any atom is -0.493 e. The zero-order chi connectivity index (χ0) is 15.7. The molecule has 0 unspecified atom stereocenters. The van der Waals surface area contributed by atoms with Gasteiger partial charge in [0.2, 0.25) is 0 Å². The molecule has 3 rings (SSSR count). The summed E-state index contributed by atoms with van der Waals surface area (Å²) >= 11 is 0. The van der Waals surface area contributed by atoms with Crippen LogP contribution in [0.2, 0.25) is 0 Å². The molecule has 2 aromatic heterocycles. The number of imidazole rings is 1. The number of para-hydroxylation sites is 1. The van der Waals surface area contributed by atoms with Crippen LogP contribution in [0.25, 0.3) is 22.4 Å². The highest BCUT2D eigenvalue weighted by Crippen LogP contribution is 2.31. The van der Waals surface area contributed by atoms with Crippen molar-refractivity contribution in [2.75, 3.05) is 6.61 Å². The van der Waals surface area contributed by atoms with E-state index in [1.807, 2.05) is 31.2 Å². The van der Waals surface area contributed by atoms with Gasteiger partial charge in [0.1, 0.15) is 11.6 Å². The smallest absolute Gasteiger partial charge is 0.338 e. The summed E-state index contributed by atoms with van der Waals surface area (Å²) in [6.07, 6.45) is 0.